The van der Waals surface area contributed by atoms with Gasteiger partial charge in [-0.2, -0.15) is 0 Å². The van der Waals surface area contributed by atoms with Gasteiger partial charge in [0.05, 0.1) is 11.7 Å². The van der Waals surface area contributed by atoms with Crippen molar-refractivity contribution in [3.8, 4) is 0 Å². The first-order chi connectivity index (χ1) is 14.0. The van der Waals surface area contributed by atoms with Gasteiger partial charge in [0.1, 0.15) is 17.1 Å². The van der Waals surface area contributed by atoms with Crippen molar-refractivity contribution in [1.29, 1.82) is 0 Å². The fourth-order valence-corrected chi connectivity index (χ4v) is 4.69. The number of amides is 1. The number of esters is 1. The van der Waals surface area contributed by atoms with E-state index < -0.39 is 5.97 Å². The Bertz CT molecular complexity index is 1040. The fourth-order valence-electron chi connectivity index (χ4n) is 3.53. The molecule has 0 spiro atoms. The lowest BCUT2D eigenvalue weighted by molar-refractivity contribution is -0.122. The quantitative estimate of drug-likeness (QED) is 0.574. The number of benzene rings is 2. The molecule has 3 aromatic rings. The summed E-state index contributed by atoms with van der Waals surface area (Å²) < 4.78 is 10.7. The molecular formula is C23H21NO4S. The molecule has 2 aromatic carbocycles. The van der Waals surface area contributed by atoms with E-state index in [0.29, 0.717) is 17.1 Å². The van der Waals surface area contributed by atoms with E-state index in [1.807, 2.05) is 54.6 Å². The van der Waals surface area contributed by atoms with Crippen LogP contribution in [0.3, 0.4) is 0 Å². The van der Waals surface area contributed by atoms with Crippen LogP contribution in [-0.2, 0) is 9.53 Å². The molecule has 0 unspecified atom stereocenters. The average molecular weight is 407 g/mol. The van der Waals surface area contributed by atoms with Crippen molar-refractivity contribution in [3.63, 3.8) is 0 Å². The number of rotatable bonds is 4. The summed E-state index contributed by atoms with van der Waals surface area (Å²) in [6, 6.07) is 19.2. The van der Waals surface area contributed by atoms with Crippen LogP contribution in [0.25, 0.3) is 0 Å². The lowest BCUT2D eigenvalue weighted by Crippen LogP contribution is -2.41. The largest absolute Gasteiger partial charge is 0.466 e. The number of hydrogen-bond acceptors (Lipinski definition) is 5. The van der Waals surface area contributed by atoms with Crippen molar-refractivity contribution in [3.05, 3.63) is 83.3 Å². The molecule has 0 bridgehead atoms. The van der Waals surface area contributed by atoms with Crippen LogP contribution in [0.5, 0.6) is 0 Å². The van der Waals surface area contributed by atoms with Gasteiger partial charge in [0.2, 0.25) is 0 Å². The molecule has 1 aliphatic rings. The van der Waals surface area contributed by atoms with E-state index in [1.54, 1.807) is 36.6 Å². The van der Waals surface area contributed by atoms with Crippen molar-refractivity contribution in [2.45, 2.75) is 24.8 Å². The van der Waals surface area contributed by atoms with Crippen molar-refractivity contribution < 1.29 is 18.7 Å². The minimum Gasteiger partial charge on any atom is -0.466 e. The number of fused-ring (bicyclic) bond motifs is 1. The Hall–Kier alpha value is -2.99. The van der Waals surface area contributed by atoms with Gasteiger partial charge in [-0.25, -0.2) is 4.79 Å². The Labute approximate surface area is 173 Å². The van der Waals surface area contributed by atoms with Crippen LogP contribution in [0, 0.1) is 13.8 Å². The third kappa shape index (κ3) is 3.93. The summed E-state index contributed by atoms with van der Waals surface area (Å²) >= 11 is 1.72. The first-order valence-corrected chi connectivity index (χ1v) is 10.4. The molecule has 5 nitrogen and oxygen atoms in total. The third-order valence-electron chi connectivity index (χ3n) is 4.87. The molecule has 29 heavy (non-hydrogen) atoms. The van der Waals surface area contributed by atoms with Crippen LogP contribution in [-0.4, -0.2) is 24.2 Å². The maximum absolute atomic E-state index is 13.2. The summed E-state index contributed by atoms with van der Waals surface area (Å²) in [6.07, 6.45) is 0. The van der Waals surface area contributed by atoms with Crippen LogP contribution in [0.15, 0.2) is 70.0 Å². The number of ether oxygens (including phenoxy) is 1. The molecular weight excluding hydrogens is 386 g/mol. The zero-order valence-corrected chi connectivity index (χ0v) is 17.1. The Morgan fingerprint density at radius 2 is 1.83 bits per heavy atom. The highest BCUT2D eigenvalue weighted by Crippen LogP contribution is 2.43. The third-order valence-corrected chi connectivity index (χ3v) is 6.01. The molecule has 1 amide bonds. The zero-order valence-electron chi connectivity index (χ0n) is 16.3. The first kappa shape index (κ1) is 19.3. The summed E-state index contributed by atoms with van der Waals surface area (Å²) in [5.41, 5.74) is 2.24. The maximum Gasteiger partial charge on any atom is 0.342 e. The van der Waals surface area contributed by atoms with Gasteiger partial charge in [-0.1, -0.05) is 42.5 Å². The SMILES string of the molecule is Cc1cc(C(=O)OCC(=O)N2c3ccccc3SC[C@@H]2c2ccccc2)c(C)o1. The van der Waals surface area contributed by atoms with Gasteiger partial charge in [0, 0.05) is 10.6 Å². The van der Waals surface area contributed by atoms with Crippen LogP contribution in [0.4, 0.5) is 5.69 Å². The fraction of sp³-hybridized carbons (Fsp3) is 0.217. The molecule has 0 fully saturated rings. The summed E-state index contributed by atoms with van der Waals surface area (Å²) in [6.45, 7) is 3.14. The highest BCUT2D eigenvalue weighted by Gasteiger charge is 2.33. The van der Waals surface area contributed by atoms with Gasteiger partial charge in [-0.3, -0.25) is 9.69 Å². The molecule has 1 aromatic heterocycles. The summed E-state index contributed by atoms with van der Waals surface area (Å²) in [5.74, 6) is 1.05. The van der Waals surface area contributed by atoms with E-state index in [1.165, 1.54) is 0 Å². The minimum absolute atomic E-state index is 0.125. The van der Waals surface area contributed by atoms with Gasteiger partial charge in [0.25, 0.3) is 5.91 Å². The second kappa shape index (κ2) is 8.17. The van der Waals surface area contributed by atoms with Gasteiger partial charge in [-0.05, 0) is 37.6 Å². The summed E-state index contributed by atoms with van der Waals surface area (Å²) in [7, 11) is 0. The highest BCUT2D eigenvalue weighted by molar-refractivity contribution is 7.99. The zero-order chi connectivity index (χ0) is 20.4. The minimum atomic E-state index is -0.552. The number of para-hydroxylation sites is 1. The van der Waals surface area contributed by atoms with E-state index in [4.69, 9.17) is 9.15 Å². The number of nitrogens with zero attached hydrogens (tertiary/aromatic N) is 1. The van der Waals surface area contributed by atoms with Gasteiger partial charge in [0.15, 0.2) is 6.61 Å². The van der Waals surface area contributed by atoms with Gasteiger partial charge in [-0.15, -0.1) is 11.8 Å². The molecule has 2 heterocycles. The normalized spacial score (nSPS) is 15.7. The van der Waals surface area contributed by atoms with Crippen molar-refractivity contribution >= 4 is 29.3 Å². The summed E-state index contributed by atoms with van der Waals surface area (Å²) in [4.78, 5) is 28.4. The second-order valence-corrected chi connectivity index (χ2v) is 7.93. The van der Waals surface area contributed by atoms with Crippen LogP contribution in [0.1, 0.15) is 33.5 Å². The second-order valence-electron chi connectivity index (χ2n) is 6.87. The number of carbonyl (C=O) groups is 2. The van der Waals surface area contributed by atoms with Gasteiger partial charge >= 0.3 is 5.97 Å². The van der Waals surface area contributed by atoms with Crippen LogP contribution in [0.2, 0.25) is 0 Å². The Morgan fingerprint density at radius 1 is 1.10 bits per heavy atom. The molecule has 6 heteroatoms. The molecule has 0 aliphatic carbocycles. The Kier molecular flexibility index (Phi) is 5.45. The van der Waals surface area contributed by atoms with E-state index in [9.17, 15) is 9.59 Å². The maximum atomic E-state index is 13.2. The average Bonchev–Trinajstić information content (AvgIpc) is 3.09. The molecule has 0 N–H and O–H groups in total. The molecule has 0 saturated heterocycles. The van der Waals surface area contributed by atoms with E-state index in [0.717, 1.165) is 21.9 Å². The van der Waals surface area contributed by atoms with Crippen LogP contribution < -0.4 is 4.90 Å². The number of aryl methyl sites for hydroxylation is 2. The van der Waals surface area contributed by atoms with E-state index in [-0.39, 0.29) is 18.6 Å². The number of hydrogen-bond donors (Lipinski definition) is 0. The molecule has 148 valence electrons. The number of thioether (sulfide) groups is 1. The predicted octanol–water partition coefficient (Wildman–Crippen LogP) is 4.93. The Balaban J connectivity index is 1.58. The molecule has 0 radical (unpaired) electrons. The first-order valence-electron chi connectivity index (χ1n) is 9.37. The van der Waals surface area contributed by atoms with Gasteiger partial charge < -0.3 is 9.15 Å². The molecule has 1 atom stereocenters. The van der Waals surface area contributed by atoms with Crippen molar-refractivity contribution in [2.75, 3.05) is 17.3 Å². The standard InChI is InChI=1S/C23H21NO4S/c1-15-12-18(16(2)28-15)23(26)27-13-22(25)24-19-10-6-7-11-21(19)29-14-20(24)17-8-4-3-5-9-17/h3-12,20H,13-14H2,1-2H3/t20-/m1/s1. The number of furan rings is 1. The molecule has 4 rings (SSSR count). The molecule has 0 saturated carbocycles. The molecule has 1 aliphatic heterocycles. The topological polar surface area (TPSA) is 59.8 Å². The number of carbonyl (C=O) groups excluding carboxylic acids is 2. The highest BCUT2D eigenvalue weighted by atomic mass is 32.2. The van der Waals surface area contributed by atoms with Crippen molar-refractivity contribution in [2.24, 2.45) is 0 Å². The predicted molar refractivity (Wildman–Crippen MR) is 112 cm³/mol. The summed E-state index contributed by atoms with van der Waals surface area (Å²) in [5, 5.41) is 0. The lowest BCUT2D eigenvalue weighted by atomic mass is 10.1. The van der Waals surface area contributed by atoms with E-state index >= 15 is 0 Å². The van der Waals surface area contributed by atoms with Crippen LogP contribution >= 0.6 is 11.8 Å². The van der Waals surface area contributed by atoms with E-state index in [2.05, 4.69) is 0 Å². The Morgan fingerprint density at radius 3 is 2.55 bits per heavy atom. The number of anilines is 1. The smallest absolute Gasteiger partial charge is 0.342 e. The monoisotopic (exact) mass is 407 g/mol. The van der Waals surface area contributed by atoms with Crippen molar-refractivity contribution in [1.82, 2.24) is 0 Å². The lowest BCUT2D eigenvalue weighted by Gasteiger charge is -2.37.